The number of fused-ring (bicyclic) bond motifs is 1. The van der Waals surface area contributed by atoms with Gasteiger partial charge in [0.05, 0.1) is 11.8 Å². The molecule has 0 saturated heterocycles. The molecule has 0 saturated carbocycles. The Morgan fingerprint density at radius 1 is 0.972 bits per heavy atom. The van der Waals surface area contributed by atoms with Crippen molar-refractivity contribution in [3.05, 3.63) is 36.0 Å². The first-order chi connectivity index (χ1) is 16.3. The minimum atomic E-state index is -4.51. The van der Waals surface area contributed by atoms with Crippen LogP contribution in [0.25, 0.3) is 11.2 Å². The van der Waals surface area contributed by atoms with Crippen molar-refractivity contribution in [1.82, 2.24) is 24.8 Å². The lowest BCUT2D eigenvalue weighted by Crippen LogP contribution is -2.45. The Morgan fingerprint density at radius 3 is 2.22 bits per heavy atom. The molecule has 0 bridgehead atoms. The van der Waals surface area contributed by atoms with E-state index in [9.17, 15) is 18.0 Å². The molecule has 3 aromatic rings. The number of benzene rings is 1. The van der Waals surface area contributed by atoms with Gasteiger partial charge in [0.25, 0.3) is 0 Å². The third kappa shape index (κ3) is 6.76. The molecule has 1 amide bonds. The van der Waals surface area contributed by atoms with Gasteiger partial charge in [-0.1, -0.05) is 6.07 Å². The Labute approximate surface area is 207 Å². The molecule has 0 aliphatic rings. The molecule has 0 atom stereocenters. The van der Waals surface area contributed by atoms with E-state index in [1.165, 1.54) is 22.9 Å². The fourth-order valence-corrected chi connectivity index (χ4v) is 3.37. The third-order valence-electron chi connectivity index (χ3n) is 4.69. The average molecular weight is 508 g/mol. The van der Waals surface area contributed by atoms with Crippen molar-refractivity contribution in [2.24, 2.45) is 0 Å². The van der Waals surface area contributed by atoms with Gasteiger partial charge >= 0.3 is 12.3 Å². The van der Waals surface area contributed by atoms with Crippen molar-refractivity contribution in [1.29, 1.82) is 0 Å². The molecule has 36 heavy (non-hydrogen) atoms. The molecule has 196 valence electrons. The van der Waals surface area contributed by atoms with Crippen LogP contribution in [0.1, 0.15) is 61.0 Å². The molecule has 0 aliphatic carbocycles. The van der Waals surface area contributed by atoms with Crippen LogP contribution in [0.15, 0.2) is 30.5 Å². The van der Waals surface area contributed by atoms with Gasteiger partial charge in [0, 0.05) is 16.8 Å². The molecular formula is C24H32F3N7O2. The zero-order valence-corrected chi connectivity index (χ0v) is 21.6. The van der Waals surface area contributed by atoms with E-state index in [-0.39, 0.29) is 17.2 Å². The lowest BCUT2D eigenvalue weighted by Gasteiger charge is -2.30. The molecule has 12 heteroatoms. The van der Waals surface area contributed by atoms with Crippen LogP contribution >= 0.6 is 0 Å². The Bertz CT molecular complexity index is 1260. The lowest BCUT2D eigenvalue weighted by atomic mass is 10.1. The van der Waals surface area contributed by atoms with Crippen LogP contribution in [-0.4, -0.2) is 36.7 Å². The summed E-state index contributed by atoms with van der Waals surface area (Å²) in [5.74, 6) is 0.441. The van der Waals surface area contributed by atoms with E-state index in [4.69, 9.17) is 4.74 Å². The Hall–Kier alpha value is -3.57. The highest BCUT2D eigenvalue weighted by atomic mass is 19.4. The van der Waals surface area contributed by atoms with E-state index in [1.54, 1.807) is 13.8 Å². The van der Waals surface area contributed by atoms with Crippen LogP contribution in [0.2, 0.25) is 0 Å². The van der Waals surface area contributed by atoms with E-state index in [2.05, 4.69) is 30.9 Å². The van der Waals surface area contributed by atoms with Crippen LogP contribution in [-0.2, 0) is 16.6 Å². The van der Waals surface area contributed by atoms with Gasteiger partial charge in [-0.3, -0.25) is 4.57 Å². The topological polar surface area (TPSA) is 106 Å². The molecule has 1 aromatic carbocycles. The molecule has 9 nitrogen and oxygen atoms in total. The van der Waals surface area contributed by atoms with Crippen LogP contribution in [0.5, 0.6) is 0 Å². The smallest absolute Gasteiger partial charge is 0.416 e. The van der Waals surface area contributed by atoms with E-state index in [1.807, 2.05) is 41.5 Å². The van der Waals surface area contributed by atoms with Gasteiger partial charge < -0.3 is 20.7 Å². The molecule has 3 N–H and O–H groups in total. The number of alkyl halides is 3. The van der Waals surface area contributed by atoms with Crippen LogP contribution in [0, 0.1) is 0 Å². The quantitative estimate of drug-likeness (QED) is 0.388. The summed E-state index contributed by atoms with van der Waals surface area (Å²) in [6.07, 6.45) is -3.69. The molecular weight excluding hydrogens is 475 g/mol. The number of amides is 1. The number of carbonyl (C=O) groups is 1. The number of carbonyl (C=O) groups excluding carboxylic acids is 1. The highest BCUT2D eigenvalue weighted by Crippen LogP contribution is 2.34. The third-order valence-corrected chi connectivity index (χ3v) is 4.69. The summed E-state index contributed by atoms with van der Waals surface area (Å²) < 4.78 is 47.0. The maximum Gasteiger partial charge on any atom is 0.416 e. The zero-order chi connectivity index (χ0) is 27.1. The van der Waals surface area contributed by atoms with Crippen molar-refractivity contribution in [3.63, 3.8) is 0 Å². The fraction of sp³-hybridized carbons (Fsp3) is 0.500. The second-order valence-corrected chi connectivity index (χ2v) is 11.0. The van der Waals surface area contributed by atoms with Gasteiger partial charge in [0.2, 0.25) is 11.9 Å². The van der Waals surface area contributed by atoms with Crippen LogP contribution in [0.4, 0.5) is 35.5 Å². The SMILES string of the molecule is CC(C)(C)NC(=O)OC(C)(C)n1c(Nc2cccc(C(F)(F)F)c2)nc2cnc(NC(C)(C)C)nc21. The first-order valence-electron chi connectivity index (χ1n) is 11.3. The highest BCUT2D eigenvalue weighted by Gasteiger charge is 2.34. The number of halogens is 3. The maximum atomic E-state index is 13.3. The van der Waals surface area contributed by atoms with Crippen molar-refractivity contribution >= 4 is 34.8 Å². The van der Waals surface area contributed by atoms with Crippen LogP contribution < -0.4 is 16.0 Å². The van der Waals surface area contributed by atoms with E-state index in [0.717, 1.165) is 12.1 Å². The standard InChI is InChI=1S/C24H32F3N7O2/c1-21(2,3)32-18-28-13-16-17(31-18)34(23(7,8)36-20(35)33-22(4,5)6)19(30-16)29-15-11-9-10-14(12-15)24(25,26)27/h9-13H,1-8H3,(H,29,30)(H,33,35)(H,28,31,32). The second-order valence-electron chi connectivity index (χ2n) is 11.0. The molecule has 2 aromatic heterocycles. The number of nitrogens with zero attached hydrogens (tertiary/aromatic N) is 4. The van der Waals surface area contributed by atoms with Gasteiger partial charge in [0.15, 0.2) is 11.4 Å². The molecule has 0 aliphatic heterocycles. The van der Waals surface area contributed by atoms with Gasteiger partial charge in [-0.25, -0.2) is 14.8 Å². The summed E-state index contributed by atoms with van der Waals surface area (Å²) in [6, 6.07) is 4.73. The lowest BCUT2D eigenvalue weighted by molar-refractivity contribution is -0.137. The van der Waals surface area contributed by atoms with Gasteiger partial charge in [-0.05, 0) is 73.6 Å². The summed E-state index contributed by atoms with van der Waals surface area (Å²) in [6.45, 7) is 14.5. The Morgan fingerprint density at radius 2 is 1.64 bits per heavy atom. The summed E-state index contributed by atoms with van der Waals surface area (Å²) in [7, 11) is 0. The van der Waals surface area contributed by atoms with Crippen LogP contribution in [0.3, 0.4) is 0 Å². The Balaban J connectivity index is 2.12. The molecule has 0 unspecified atom stereocenters. The molecule has 3 rings (SSSR count). The molecule has 2 heterocycles. The zero-order valence-electron chi connectivity index (χ0n) is 21.6. The summed E-state index contributed by atoms with van der Waals surface area (Å²) in [5, 5.41) is 8.84. The van der Waals surface area contributed by atoms with Crippen molar-refractivity contribution in [3.8, 4) is 0 Å². The van der Waals surface area contributed by atoms with E-state index >= 15 is 0 Å². The van der Waals surface area contributed by atoms with E-state index < -0.39 is 29.1 Å². The minimum Gasteiger partial charge on any atom is -0.423 e. The number of imidazole rings is 1. The summed E-state index contributed by atoms with van der Waals surface area (Å²) in [4.78, 5) is 26.0. The number of anilines is 3. The first-order valence-corrected chi connectivity index (χ1v) is 11.3. The predicted octanol–water partition coefficient (Wildman–Crippen LogP) is 6.02. The minimum absolute atomic E-state index is 0.125. The van der Waals surface area contributed by atoms with Crippen molar-refractivity contribution < 1.29 is 22.7 Å². The summed E-state index contributed by atoms with van der Waals surface area (Å²) in [5.41, 5.74) is -2.21. The van der Waals surface area contributed by atoms with Gasteiger partial charge in [-0.15, -0.1) is 0 Å². The normalized spacial score (nSPS) is 13.0. The number of hydrogen-bond acceptors (Lipinski definition) is 7. The van der Waals surface area contributed by atoms with E-state index in [0.29, 0.717) is 17.1 Å². The second kappa shape index (κ2) is 9.14. The number of ether oxygens (including phenoxy) is 1. The van der Waals surface area contributed by atoms with Gasteiger partial charge in [0.1, 0.15) is 5.52 Å². The predicted molar refractivity (Wildman–Crippen MR) is 132 cm³/mol. The Kier molecular flexibility index (Phi) is 6.86. The molecule has 0 fully saturated rings. The number of aromatic nitrogens is 4. The largest absolute Gasteiger partial charge is 0.423 e. The van der Waals surface area contributed by atoms with Crippen molar-refractivity contribution in [2.75, 3.05) is 10.6 Å². The number of hydrogen-bond donors (Lipinski definition) is 3. The highest BCUT2D eigenvalue weighted by molar-refractivity contribution is 5.77. The average Bonchev–Trinajstić information content (AvgIpc) is 3.02. The molecule has 0 spiro atoms. The number of rotatable bonds is 5. The number of nitrogens with one attached hydrogen (secondary N) is 3. The van der Waals surface area contributed by atoms with Gasteiger partial charge in [-0.2, -0.15) is 18.2 Å². The monoisotopic (exact) mass is 507 g/mol. The summed E-state index contributed by atoms with van der Waals surface area (Å²) >= 11 is 0. The fourth-order valence-electron chi connectivity index (χ4n) is 3.37. The first kappa shape index (κ1) is 27.0. The number of alkyl carbamates (subject to hydrolysis) is 1. The molecule has 0 radical (unpaired) electrons. The van der Waals surface area contributed by atoms with Crippen molar-refractivity contribution in [2.45, 2.75) is 78.4 Å². The maximum absolute atomic E-state index is 13.3.